The van der Waals surface area contributed by atoms with Gasteiger partial charge in [0, 0.05) is 35.9 Å². The third-order valence-electron chi connectivity index (χ3n) is 7.19. The number of hydrogen-bond acceptors (Lipinski definition) is 9. The summed E-state index contributed by atoms with van der Waals surface area (Å²) in [6, 6.07) is 15.0. The molecule has 0 saturated heterocycles. The van der Waals surface area contributed by atoms with Gasteiger partial charge >= 0.3 is 5.97 Å². The van der Waals surface area contributed by atoms with Gasteiger partial charge in [-0.2, -0.15) is 9.97 Å². The number of nitrogens with zero attached hydrogens (tertiary/aromatic N) is 4. The Balaban J connectivity index is 1.73. The van der Waals surface area contributed by atoms with E-state index in [4.69, 9.17) is 35.9 Å². The van der Waals surface area contributed by atoms with Crippen LogP contribution in [0.2, 0.25) is 0 Å². The van der Waals surface area contributed by atoms with Gasteiger partial charge in [-0.1, -0.05) is 30.3 Å². The maximum absolute atomic E-state index is 13.4. The Labute approximate surface area is 227 Å². The number of H-pyrrole nitrogens is 1. The number of rotatable bonds is 10. The van der Waals surface area contributed by atoms with Crippen molar-refractivity contribution in [3.63, 3.8) is 0 Å². The van der Waals surface area contributed by atoms with Crippen molar-refractivity contribution in [2.24, 2.45) is 11.5 Å². The molecule has 204 valence electrons. The Morgan fingerprint density at radius 2 is 1.64 bits per heavy atom. The van der Waals surface area contributed by atoms with Crippen molar-refractivity contribution < 1.29 is 14.3 Å². The number of aromatic amines is 1. The fourth-order valence-electron chi connectivity index (χ4n) is 5.30. The van der Waals surface area contributed by atoms with E-state index in [1.165, 1.54) is 7.11 Å². The lowest BCUT2D eigenvalue weighted by molar-refractivity contribution is -0.142. The van der Waals surface area contributed by atoms with Gasteiger partial charge in [-0.15, -0.1) is 0 Å². The van der Waals surface area contributed by atoms with Crippen molar-refractivity contribution in [3.05, 3.63) is 77.0 Å². The number of nitrogens with one attached hydrogen (secondary N) is 1. The quantitative estimate of drug-likeness (QED) is 0.264. The van der Waals surface area contributed by atoms with E-state index in [-0.39, 0.29) is 12.0 Å². The minimum absolute atomic E-state index is 0.350. The van der Waals surface area contributed by atoms with Crippen molar-refractivity contribution in [1.82, 2.24) is 19.9 Å². The highest BCUT2D eigenvalue weighted by atomic mass is 16.5. The van der Waals surface area contributed by atoms with Crippen molar-refractivity contribution in [2.45, 2.75) is 44.2 Å². The number of hydrogen-bond donors (Lipinski definition) is 3. The van der Waals surface area contributed by atoms with Crippen molar-refractivity contribution in [1.29, 1.82) is 0 Å². The summed E-state index contributed by atoms with van der Waals surface area (Å²) >= 11 is 0. The van der Waals surface area contributed by atoms with Gasteiger partial charge in [0.25, 0.3) is 0 Å². The molecule has 0 amide bonds. The molecule has 5 rings (SSSR count). The SMILES string of the molecule is COC(=O)C1Cc2c([nH]c3ccccc23)C(c2ccc(OC)cc2)N1c1nc(CCCN)nc(CCCN)n1. The number of methoxy groups -OCH3 is 2. The maximum atomic E-state index is 13.4. The van der Waals surface area contributed by atoms with Crippen LogP contribution in [0.1, 0.15) is 47.4 Å². The fourth-order valence-corrected chi connectivity index (χ4v) is 5.30. The summed E-state index contributed by atoms with van der Waals surface area (Å²) in [7, 11) is 3.06. The van der Waals surface area contributed by atoms with Crippen LogP contribution in [0.25, 0.3) is 10.9 Å². The molecule has 3 heterocycles. The Hall–Kier alpha value is -4.02. The number of ether oxygens (including phenoxy) is 2. The van der Waals surface area contributed by atoms with Crippen LogP contribution < -0.4 is 21.1 Å². The number of aromatic nitrogens is 4. The molecule has 2 unspecified atom stereocenters. The molecule has 0 radical (unpaired) electrons. The fraction of sp³-hybridized carbons (Fsp3) is 0.379. The second kappa shape index (κ2) is 11.8. The second-order valence-corrected chi connectivity index (χ2v) is 9.64. The van der Waals surface area contributed by atoms with E-state index in [9.17, 15) is 4.79 Å². The number of nitrogens with two attached hydrogens (primary N) is 2. The van der Waals surface area contributed by atoms with Crippen LogP contribution >= 0.6 is 0 Å². The van der Waals surface area contributed by atoms with Crippen LogP contribution in [0.15, 0.2) is 48.5 Å². The first kappa shape index (κ1) is 26.6. The Morgan fingerprint density at radius 1 is 0.974 bits per heavy atom. The van der Waals surface area contributed by atoms with Crippen molar-refractivity contribution in [3.8, 4) is 5.75 Å². The summed E-state index contributed by atoms with van der Waals surface area (Å²) in [5.41, 5.74) is 15.6. The predicted octanol–water partition coefficient (Wildman–Crippen LogP) is 2.84. The highest BCUT2D eigenvalue weighted by Crippen LogP contribution is 2.43. The lowest BCUT2D eigenvalue weighted by Crippen LogP contribution is -2.50. The van der Waals surface area contributed by atoms with Crippen LogP contribution in [-0.4, -0.2) is 59.3 Å². The molecule has 0 saturated carbocycles. The third-order valence-corrected chi connectivity index (χ3v) is 7.19. The molecule has 10 heteroatoms. The number of para-hydroxylation sites is 1. The van der Waals surface area contributed by atoms with Gasteiger partial charge in [0.2, 0.25) is 5.95 Å². The molecular formula is C29H35N7O3. The standard InChI is InChI=1S/C29H35N7O3/c1-38-19-13-11-18(12-14-19)27-26-21(20-7-3-4-8-22(20)32-26)17-23(28(37)39-2)36(27)29-34-24(9-5-15-30)33-25(35-29)10-6-16-31/h3-4,7-8,11-14,23,27,32H,5-6,9-10,15-17,30-31H2,1-2H3. The summed E-state index contributed by atoms with van der Waals surface area (Å²) in [4.78, 5) is 33.5. The number of carbonyl (C=O) groups excluding carboxylic acids is 1. The number of benzene rings is 2. The van der Waals surface area contributed by atoms with Gasteiger partial charge in [-0.3, -0.25) is 0 Å². The smallest absolute Gasteiger partial charge is 0.328 e. The average Bonchev–Trinajstić information content (AvgIpc) is 3.36. The Morgan fingerprint density at radius 3 is 2.26 bits per heavy atom. The molecule has 4 aromatic rings. The minimum Gasteiger partial charge on any atom is -0.497 e. The monoisotopic (exact) mass is 529 g/mol. The molecular weight excluding hydrogens is 494 g/mol. The molecule has 0 aliphatic carbocycles. The molecule has 0 bridgehead atoms. The van der Waals surface area contributed by atoms with E-state index < -0.39 is 6.04 Å². The summed E-state index contributed by atoms with van der Waals surface area (Å²) < 4.78 is 10.8. The van der Waals surface area contributed by atoms with E-state index in [0.717, 1.165) is 46.3 Å². The first-order chi connectivity index (χ1) is 19.1. The van der Waals surface area contributed by atoms with Gasteiger partial charge < -0.3 is 30.8 Å². The number of anilines is 1. The topological polar surface area (TPSA) is 145 Å². The molecule has 2 aromatic carbocycles. The average molecular weight is 530 g/mol. The van der Waals surface area contributed by atoms with Crippen LogP contribution in [0.5, 0.6) is 5.75 Å². The number of fused-ring (bicyclic) bond motifs is 3. The van der Waals surface area contributed by atoms with Crippen molar-refractivity contribution >= 4 is 22.8 Å². The highest BCUT2D eigenvalue weighted by molar-refractivity contribution is 5.89. The molecule has 5 N–H and O–H groups in total. The zero-order valence-corrected chi connectivity index (χ0v) is 22.4. The zero-order chi connectivity index (χ0) is 27.4. The number of esters is 1. The van der Waals surface area contributed by atoms with Gasteiger partial charge in [0.05, 0.1) is 20.3 Å². The lowest BCUT2D eigenvalue weighted by Gasteiger charge is -2.41. The summed E-state index contributed by atoms with van der Waals surface area (Å²) in [6.07, 6.45) is 3.16. The van der Waals surface area contributed by atoms with E-state index in [1.54, 1.807) is 7.11 Å². The maximum Gasteiger partial charge on any atom is 0.328 e. The molecule has 39 heavy (non-hydrogen) atoms. The zero-order valence-electron chi connectivity index (χ0n) is 22.4. The highest BCUT2D eigenvalue weighted by Gasteiger charge is 2.43. The van der Waals surface area contributed by atoms with E-state index >= 15 is 0 Å². The first-order valence-corrected chi connectivity index (χ1v) is 13.3. The van der Waals surface area contributed by atoms with Gasteiger partial charge in [-0.25, -0.2) is 9.78 Å². The largest absolute Gasteiger partial charge is 0.497 e. The van der Waals surface area contributed by atoms with E-state index in [2.05, 4.69) is 17.1 Å². The Kier molecular flexibility index (Phi) is 8.04. The van der Waals surface area contributed by atoms with Gasteiger partial charge in [0.1, 0.15) is 23.4 Å². The second-order valence-electron chi connectivity index (χ2n) is 9.64. The van der Waals surface area contributed by atoms with E-state index in [1.807, 2.05) is 41.3 Å². The van der Waals surface area contributed by atoms with Crippen LogP contribution in [-0.2, 0) is 28.8 Å². The van der Waals surface area contributed by atoms with Crippen LogP contribution in [0.4, 0.5) is 5.95 Å². The molecule has 0 fully saturated rings. The third kappa shape index (κ3) is 5.30. The van der Waals surface area contributed by atoms with Crippen molar-refractivity contribution in [2.75, 3.05) is 32.2 Å². The first-order valence-electron chi connectivity index (χ1n) is 13.3. The predicted molar refractivity (Wildman–Crippen MR) is 150 cm³/mol. The molecule has 10 nitrogen and oxygen atoms in total. The van der Waals surface area contributed by atoms with Gasteiger partial charge in [-0.05, 0) is 55.3 Å². The molecule has 1 aliphatic heterocycles. The summed E-state index contributed by atoms with van der Waals surface area (Å²) in [5.74, 6) is 2.13. The van der Waals surface area contributed by atoms with Crippen LogP contribution in [0.3, 0.4) is 0 Å². The van der Waals surface area contributed by atoms with Crippen LogP contribution in [0, 0.1) is 0 Å². The summed E-state index contributed by atoms with van der Waals surface area (Å²) in [5, 5.41) is 1.09. The molecule has 1 aliphatic rings. The molecule has 0 spiro atoms. The van der Waals surface area contributed by atoms with E-state index in [0.29, 0.717) is 49.9 Å². The summed E-state index contributed by atoms with van der Waals surface area (Å²) in [6.45, 7) is 1.06. The molecule has 2 atom stereocenters. The molecule has 2 aromatic heterocycles. The van der Waals surface area contributed by atoms with Gasteiger partial charge in [0.15, 0.2) is 0 Å². The minimum atomic E-state index is -0.652. The number of carbonyl (C=O) groups is 1. The lowest BCUT2D eigenvalue weighted by atomic mass is 9.88. The number of aryl methyl sites for hydroxylation is 2. The normalized spacial score (nSPS) is 16.8. The Bertz CT molecular complexity index is 1410.